The fourth-order valence-electron chi connectivity index (χ4n) is 1.41. The summed E-state index contributed by atoms with van der Waals surface area (Å²) in [7, 11) is 0. The molecule has 3 heteroatoms. The fourth-order valence-corrected chi connectivity index (χ4v) is 1.41. The first-order valence-electron chi connectivity index (χ1n) is 4.67. The summed E-state index contributed by atoms with van der Waals surface area (Å²) in [6, 6.07) is 1.88. The highest BCUT2D eigenvalue weighted by atomic mass is 16.4. The van der Waals surface area contributed by atoms with E-state index in [-0.39, 0.29) is 0 Å². The first-order valence-corrected chi connectivity index (χ1v) is 4.67. The Kier molecular flexibility index (Phi) is 2.89. The second kappa shape index (κ2) is 3.78. The quantitative estimate of drug-likeness (QED) is 0.798. The van der Waals surface area contributed by atoms with Crippen LogP contribution in [-0.2, 0) is 16.6 Å². The maximum Gasteiger partial charge on any atom is 0.313 e. The topological polar surface area (TPSA) is 50.2 Å². The molecule has 3 nitrogen and oxygen atoms in total. The molecule has 0 radical (unpaired) electrons. The van der Waals surface area contributed by atoms with E-state index < -0.39 is 11.4 Å². The van der Waals surface area contributed by atoms with Crippen molar-refractivity contribution in [3.05, 3.63) is 29.6 Å². The molecule has 0 aliphatic heterocycles. The average Bonchev–Trinajstić information content (AvgIpc) is 2.17. The van der Waals surface area contributed by atoms with Gasteiger partial charge in [-0.3, -0.25) is 9.78 Å². The molecule has 0 spiro atoms. The van der Waals surface area contributed by atoms with Gasteiger partial charge >= 0.3 is 5.97 Å². The van der Waals surface area contributed by atoms with Crippen LogP contribution < -0.4 is 0 Å². The Morgan fingerprint density at radius 3 is 2.71 bits per heavy atom. The van der Waals surface area contributed by atoms with Gasteiger partial charge in [-0.2, -0.15) is 0 Å². The lowest BCUT2D eigenvalue weighted by atomic mass is 9.82. The van der Waals surface area contributed by atoms with Crippen LogP contribution in [0.5, 0.6) is 0 Å². The van der Waals surface area contributed by atoms with Gasteiger partial charge in [0, 0.05) is 12.4 Å². The summed E-state index contributed by atoms with van der Waals surface area (Å²) in [5, 5.41) is 9.09. The van der Waals surface area contributed by atoms with E-state index in [0.29, 0.717) is 0 Å². The molecular formula is C11H15NO2. The second-order valence-corrected chi connectivity index (χ2v) is 3.82. The van der Waals surface area contributed by atoms with E-state index in [0.717, 1.165) is 17.5 Å². The summed E-state index contributed by atoms with van der Waals surface area (Å²) in [6.45, 7) is 5.41. The minimum atomic E-state index is -0.862. The molecule has 0 aliphatic rings. The monoisotopic (exact) mass is 193 g/mol. The third-order valence-electron chi connectivity index (χ3n) is 2.50. The number of nitrogens with zero attached hydrogens (tertiary/aromatic N) is 1. The van der Waals surface area contributed by atoms with Crippen LogP contribution in [0.2, 0.25) is 0 Å². The number of pyridine rings is 1. The van der Waals surface area contributed by atoms with Crippen LogP contribution >= 0.6 is 0 Å². The molecule has 14 heavy (non-hydrogen) atoms. The Balaban J connectivity index is 3.24. The number of aromatic nitrogens is 1. The molecule has 76 valence electrons. The van der Waals surface area contributed by atoms with Gasteiger partial charge in [0.1, 0.15) is 0 Å². The zero-order chi connectivity index (χ0) is 10.8. The van der Waals surface area contributed by atoms with E-state index >= 15 is 0 Å². The number of hydrogen-bond donors (Lipinski definition) is 1. The van der Waals surface area contributed by atoms with Gasteiger partial charge in [-0.1, -0.05) is 6.92 Å². The molecule has 0 amide bonds. The molecule has 0 fully saturated rings. The minimum Gasteiger partial charge on any atom is -0.481 e. The van der Waals surface area contributed by atoms with Crippen molar-refractivity contribution >= 4 is 5.97 Å². The maximum atomic E-state index is 11.1. The van der Waals surface area contributed by atoms with Crippen molar-refractivity contribution in [1.29, 1.82) is 0 Å². The highest BCUT2D eigenvalue weighted by molar-refractivity contribution is 5.80. The molecule has 1 rings (SSSR count). The summed E-state index contributed by atoms with van der Waals surface area (Å²) in [6.07, 6.45) is 4.17. The van der Waals surface area contributed by atoms with Crippen molar-refractivity contribution in [3.63, 3.8) is 0 Å². The summed E-state index contributed by atoms with van der Waals surface area (Å²) >= 11 is 0. The first-order chi connectivity index (χ1) is 6.50. The number of aryl methyl sites for hydroxylation is 1. The van der Waals surface area contributed by atoms with Crippen molar-refractivity contribution < 1.29 is 9.90 Å². The van der Waals surface area contributed by atoms with Crippen LogP contribution in [0.3, 0.4) is 0 Å². The lowest BCUT2D eigenvalue weighted by Crippen LogP contribution is -2.29. The largest absolute Gasteiger partial charge is 0.481 e. The Bertz CT molecular complexity index is 345. The number of aliphatic carboxylic acids is 1. The molecular weight excluding hydrogens is 178 g/mol. The predicted molar refractivity (Wildman–Crippen MR) is 54.3 cm³/mol. The van der Waals surface area contributed by atoms with Crippen molar-refractivity contribution in [1.82, 2.24) is 4.98 Å². The molecule has 0 bridgehead atoms. The SMILES string of the molecule is CCc1ccncc1C(C)(C)C(=O)O. The molecule has 1 aromatic rings. The van der Waals surface area contributed by atoms with Gasteiger partial charge < -0.3 is 5.11 Å². The van der Waals surface area contributed by atoms with Crippen molar-refractivity contribution in [2.24, 2.45) is 0 Å². The summed E-state index contributed by atoms with van der Waals surface area (Å²) in [4.78, 5) is 15.0. The zero-order valence-electron chi connectivity index (χ0n) is 8.74. The van der Waals surface area contributed by atoms with Gasteiger partial charge in [0.2, 0.25) is 0 Å². The second-order valence-electron chi connectivity index (χ2n) is 3.82. The third kappa shape index (κ3) is 1.76. The Hall–Kier alpha value is -1.38. The van der Waals surface area contributed by atoms with E-state index in [1.807, 2.05) is 13.0 Å². The summed E-state index contributed by atoms with van der Waals surface area (Å²) in [5.41, 5.74) is 0.988. The van der Waals surface area contributed by atoms with Crippen LogP contribution in [0, 0.1) is 0 Å². The molecule has 0 atom stereocenters. The van der Waals surface area contributed by atoms with Crippen LogP contribution in [0.4, 0.5) is 0 Å². The minimum absolute atomic E-state index is 0.801. The summed E-state index contributed by atoms with van der Waals surface area (Å²) in [5.74, 6) is -0.819. The number of carbonyl (C=O) groups is 1. The van der Waals surface area contributed by atoms with Crippen LogP contribution in [0.25, 0.3) is 0 Å². The van der Waals surface area contributed by atoms with Gasteiger partial charge in [-0.05, 0) is 37.5 Å². The lowest BCUT2D eigenvalue weighted by molar-refractivity contribution is -0.142. The zero-order valence-corrected chi connectivity index (χ0v) is 8.74. The van der Waals surface area contributed by atoms with Gasteiger partial charge in [0.05, 0.1) is 5.41 Å². The Labute approximate surface area is 83.8 Å². The lowest BCUT2D eigenvalue weighted by Gasteiger charge is -2.21. The van der Waals surface area contributed by atoms with Crippen LogP contribution in [-0.4, -0.2) is 16.1 Å². The smallest absolute Gasteiger partial charge is 0.313 e. The molecule has 1 N–H and O–H groups in total. The van der Waals surface area contributed by atoms with E-state index in [1.165, 1.54) is 0 Å². The summed E-state index contributed by atoms with van der Waals surface area (Å²) < 4.78 is 0. The Morgan fingerprint density at radius 1 is 1.57 bits per heavy atom. The normalized spacial score (nSPS) is 11.4. The van der Waals surface area contributed by atoms with Gasteiger partial charge in [-0.25, -0.2) is 0 Å². The first kappa shape index (κ1) is 10.7. The third-order valence-corrected chi connectivity index (χ3v) is 2.50. The number of hydrogen-bond acceptors (Lipinski definition) is 2. The van der Waals surface area contributed by atoms with E-state index in [2.05, 4.69) is 4.98 Å². The molecule has 1 heterocycles. The van der Waals surface area contributed by atoms with E-state index in [9.17, 15) is 4.79 Å². The van der Waals surface area contributed by atoms with Gasteiger partial charge in [0.15, 0.2) is 0 Å². The van der Waals surface area contributed by atoms with E-state index in [4.69, 9.17) is 5.11 Å². The van der Waals surface area contributed by atoms with Gasteiger partial charge in [0.25, 0.3) is 0 Å². The van der Waals surface area contributed by atoms with Crippen molar-refractivity contribution in [2.45, 2.75) is 32.6 Å². The van der Waals surface area contributed by atoms with Gasteiger partial charge in [-0.15, -0.1) is 0 Å². The maximum absolute atomic E-state index is 11.1. The molecule has 0 aromatic carbocycles. The fraction of sp³-hybridized carbons (Fsp3) is 0.455. The molecule has 0 saturated carbocycles. The predicted octanol–water partition coefficient (Wildman–Crippen LogP) is 2.01. The van der Waals surface area contributed by atoms with Crippen LogP contribution in [0.1, 0.15) is 31.9 Å². The molecule has 1 aromatic heterocycles. The average molecular weight is 193 g/mol. The Morgan fingerprint density at radius 2 is 2.21 bits per heavy atom. The van der Waals surface area contributed by atoms with Crippen molar-refractivity contribution in [3.8, 4) is 0 Å². The molecule has 0 unspecified atom stereocenters. The standard InChI is InChI=1S/C11H15NO2/c1-4-8-5-6-12-7-9(8)11(2,3)10(13)14/h5-7H,4H2,1-3H3,(H,13,14). The highest BCUT2D eigenvalue weighted by Crippen LogP contribution is 2.26. The number of carboxylic acids is 1. The van der Waals surface area contributed by atoms with Crippen molar-refractivity contribution in [2.75, 3.05) is 0 Å². The van der Waals surface area contributed by atoms with Crippen LogP contribution in [0.15, 0.2) is 18.5 Å². The molecule has 0 aliphatic carbocycles. The van der Waals surface area contributed by atoms with E-state index in [1.54, 1.807) is 26.2 Å². The molecule has 0 saturated heterocycles. The number of rotatable bonds is 3. The highest BCUT2D eigenvalue weighted by Gasteiger charge is 2.31. The number of carboxylic acid groups (broad SMARTS) is 1.